The molecule has 0 radical (unpaired) electrons. The fourth-order valence-corrected chi connectivity index (χ4v) is 1.67. The molecule has 8 heavy (non-hydrogen) atoms. The molecule has 0 aliphatic rings. The third kappa shape index (κ3) is 6.31. The Morgan fingerprint density at radius 2 is 1.75 bits per heavy atom. The van der Waals surface area contributed by atoms with Crippen LogP contribution in [0, 0.1) is 0 Å². The molecule has 0 saturated heterocycles. The third-order valence-corrected chi connectivity index (χ3v) is 1.62. The third-order valence-electron chi connectivity index (χ3n) is 0.539. The van der Waals surface area contributed by atoms with Crippen LogP contribution in [0.1, 0.15) is 27.7 Å². The van der Waals surface area contributed by atoms with Crippen LogP contribution in [0.25, 0.3) is 0 Å². The number of thioether (sulfide) groups is 1. The van der Waals surface area contributed by atoms with Crippen LogP contribution in [-0.2, 0) is 0 Å². The SMILES string of the molecule is CC(N)SC(C)(C)C. The van der Waals surface area contributed by atoms with Crippen molar-refractivity contribution >= 4 is 11.8 Å². The van der Waals surface area contributed by atoms with Crippen LogP contribution in [0.15, 0.2) is 0 Å². The summed E-state index contributed by atoms with van der Waals surface area (Å²) < 4.78 is 0.314. The van der Waals surface area contributed by atoms with E-state index in [2.05, 4.69) is 20.8 Å². The lowest BCUT2D eigenvalue weighted by Gasteiger charge is -2.19. The van der Waals surface area contributed by atoms with E-state index in [1.54, 1.807) is 11.8 Å². The molecular weight excluding hydrogens is 118 g/mol. The number of rotatable bonds is 1. The highest BCUT2D eigenvalue weighted by molar-refractivity contribution is 8.01. The molecule has 0 saturated carbocycles. The Morgan fingerprint density at radius 3 is 1.75 bits per heavy atom. The summed E-state index contributed by atoms with van der Waals surface area (Å²) in [6.45, 7) is 8.51. The molecule has 1 unspecified atom stereocenters. The van der Waals surface area contributed by atoms with Gasteiger partial charge in [-0.3, -0.25) is 0 Å². The predicted octanol–water partition coefficient (Wildman–Crippen LogP) is 1.82. The minimum absolute atomic E-state index is 0.259. The highest BCUT2D eigenvalue weighted by Gasteiger charge is 2.11. The van der Waals surface area contributed by atoms with Gasteiger partial charge in [0.25, 0.3) is 0 Å². The van der Waals surface area contributed by atoms with Crippen molar-refractivity contribution in [3.63, 3.8) is 0 Å². The van der Waals surface area contributed by atoms with Crippen LogP contribution in [0.5, 0.6) is 0 Å². The summed E-state index contributed by atoms with van der Waals surface area (Å²) in [6.07, 6.45) is 0. The first-order valence-electron chi connectivity index (χ1n) is 2.85. The van der Waals surface area contributed by atoms with E-state index in [9.17, 15) is 0 Å². The maximum atomic E-state index is 5.54. The molecule has 0 aromatic carbocycles. The van der Waals surface area contributed by atoms with E-state index >= 15 is 0 Å². The molecule has 0 aromatic heterocycles. The lowest BCUT2D eigenvalue weighted by atomic mass is 10.3. The van der Waals surface area contributed by atoms with Crippen molar-refractivity contribution in [3.05, 3.63) is 0 Å². The summed E-state index contributed by atoms with van der Waals surface area (Å²) in [5, 5.41) is 0.259. The van der Waals surface area contributed by atoms with Gasteiger partial charge in [-0.1, -0.05) is 20.8 Å². The zero-order chi connectivity index (χ0) is 6.78. The van der Waals surface area contributed by atoms with Gasteiger partial charge in [0, 0.05) is 10.1 Å². The minimum Gasteiger partial charge on any atom is -0.320 e. The zero-order valence-corrected chi connectivity index (χ0v) is 6.88. The Kier molecular flexibility index (Phi) is 2.84. The first-order chi connectivity index (χ1) is 3.42. The maximum absolute atomic E-state index is 5.54. The van der Waals surface area contributed by atoms with Crippen LogP contribution < -0.4 is 5.73 Å². The quantitative estimate of drug-likeness (QED) is 0.552. The number of nitrogens with two attached hydrogens (primary N) is 1. The molecule has 50 valence electrons. The van der Waals surface area contributed by atoms with Gasteiger partial charge in [-0.25, -0.2) is 0 Å². The molecular formula is C6H15NS. The van der Waals surface area contributed by atoms with Gasteiger partial charge in [-0.15, -0.1) is 11.8 Å². The Morgan fingerprint density at radius 1 is 1.38 bits per heavy atom. The summed E-state index contributed by atoms with van der Waals surface area (Å²) >= 11 is 1.79. The van der Waals surface area contributed by atoms with E-state index < -0.39 is 0 Å². The first-order valence-corrected chi connectivity index (χ1v) is 3.73. The Hall–Kier alpha value is 0.310. The normalized spacial score (nSPS) is 16.1. The first kappa shape index (κ1) is 8.31. The molecule has 0 aromatic rings. The average molecular weight is 133 g/mol. The fraction of sp³-hybridized carbons (Fsp3) is 1.00. The molecule has 0 bridgehead atoms. The second kappa shape index (κ2) is 2.74. The number of hydrogen-bond donors (Lipinski definition) is 1. The van der Waals surface area contributed by atoms with Gasteiger partial charge in [0.05, 0.1) is 0 Å². The van der Waals surface area contributed by atoms with Crippen molar-refractivity contribution in [3.8, 4) is 0 Å². The van der Waals surface area contributed by atoms with Crippen molar-refractivity contribution in [1.29, 1.82) is 0 Å². The summed E-state index contributed by atoms with van der Waals surface area (Å²) in [4.78, 5) is 0. The van der Waals surface area contributed by atoms with Crippen molar-refractivity contribution in [2.75, 3.05) is 0 Å². The minimum atomic E-state index is 0.259. The van der Waals surface area contributed by atoms with Crippen molar-refractivity contribution in [2.45, 2.75) is 37.8 Å². The largest absolute Gasteiger partial charge is 0.320 e. The fourth-order valence-electron chi connectivity index (χ4n) is 0.558. The topological polar surface area (TPSA) is 26.0 Å². The molecule has 0 aliphatic heterocycles. The Balaban J connectivity index is 3.39. The van der Waals surface area contributed by atoms with E-state index in [-0.39, 0.29) is 5.37 Å². The van der Waals surface area contributed by atoms with Crippen LogP contribution in [-0.4, -0.2) is 10.1 Å². The summed E-state index contributed by atoms with van der Waals surface area (Å²) in [5.41, 5.74) is 5.54. The molecule has 0 fully saturated rings. The van der Waals surface area contributed by atoms with Crippen molar-refractivity contribution < 1.29 is 0 Å². The van der Waals surface area contributed by atoms with Gasteiger partial charge in [-0.2, -0.15) is 0 Å². The highest BCUT2D eigenvalue weighted by atomic mass is 32.2. The van der Waals surface area contributed by atoms with Gasteiger partial charge in [-0.05, 0) is 6.92 Å². The second-order valence-corrected chi connectivity index (χ2v) is 5.14. The van der Waals surface area contributed by atoms with Gasteiger partial charge < -0.3 is 5.73 Å². The van der Waals surface area contributed by atoms with E-state index in [1.807, 2.05) is 6.92 Å². The van der Waals surface area contributed by atoms with Gasteiger partial charge in [0.2, 0.25) is 0 Å². The monoisotopic (exact) mass is 133 g/mol. The molecule has 0 amide bonds. The summed E-state index contributed by atoms with van der Waals surface area (Å²) in [7, 11) is 0. The summed E-state index contributed by atoms with van der Waals surface area (Å²) in [5.74, 6) is 0. The van der Waals surface area contributed by atoms with E-state index in [4.69, 9.17) is 5.73 Å². The molecule has 2 N–H and O–H groups in total. The van der Waals surface area contributed by atoms with Crippen molar-refractivity contribution in [1.82, 2.24) is 0 Å². The number of hydrogen-bond acceptors (Lipinski definition) is 2. The highest BCUT2D eigenvalue weighted by Crippen LogP contribution is 2.24. The van der Waals surface area contributed by atoms with E-state index in [1.165, 1.54) is 0 Å². The Bertz CT molecular complexity index is 63.4. The maximum Gasteiger partial charge on any atom is 0.0483 e. The lowest BCUT2D eigenvalue weighted by molar-refractivity contribution is 0.792. The summed E-state index contributed by atoms with van der Waals surface area (Å²) in [6, 6.07) is 0. The molecule has 1 nitrogen and oxygen atoms in total. The van der Waals surface area contributed by atoms with Gasteiger partial charge in [0.15, 0.2) is 0 Å². The van der Waals surface area contributed by atoms with E-state index in [0.29, 0.717) is 4.75 Å². The van der Waals surface area contributed by atoms with Gasteiger partial charge in [0.1, 0.15) is 0 Å². The van der Waals surface area contributed by atoms with E-state index in [0.717, 1.165) is 0 Å². The standard InChI is InChI=1S/C6H15NS/c1-5(7)8-6(2,3)4/h5H,7H2,1-4H3. The van der Waals surface area contributed by atoms with Crippen molar-refractivity contribution in [2.24, 2.45) is 5.73 Å². The van der Waals surface area contributed by atoms with Gasteiger partial charge >= 0.3 is 0 Å². The smallest absolute Gasteiger partial charge is 0.0483 e. The van der Waals surface area contributed by atoms with Crippen LogP contribution in [0.3, 0.4) is 0 Å². The van der Waals surface area contributed by atoms with Crippen LogP contribution >= 0.6 is 11.8 Å². The molecule has 2 heteroatoms. The van der Waals surface area contributed by atoms with Crippen LogP contribution in [0.2, 0.25) is 0 Å². The molecule has 0 aliphatic carbocycles. The molecule has 0 spiro atoms. The zero-order valence-electron chi connectivity index (χ0n) is 6.06. The Labute approximate surface area is 56.0 Å². The molecule has 0 rings (SSSR count). The lowest BCUT2D eigenvalue weighted by Crippen LogP contribution is -2.19. The average Bonchev–Trinajstić information content (AvgIpc) is 1.21. The second-order valence-electron chi connectivity index (χ2n) is 2.94. The molecule has 1 atom stereocenters. The van der Waals surface area contributed by atoms with Crippen LogP contribution in [0.4, 0.5) is 0 Å². The molecule has 0 heterocycles. The predicted molar refractivity (Wildman–Crippen MR) is 41.0 cm³/mol.